The van der Waals surface area contributed by atoms with Gasteiger partial charge in [-0.2, -0.15) is 0 Å². The van der Waals surface area contributed by atoms with Crippen LogP contribution in [0.15, 0.2) is 12.1 Å². The fraction of sp³-hybridized carbons (Fsp3) is 0.100. The average Bonchev–Trinajstić information content (AvgIpc) is 2.70. The molecular formula is C10H7NO4S. The Balaban J connectivity index is 2.75. The van der Waals surface area contributed by atoms with Gasteiger partial charge in [0.2, 0.25) is 0 Å². The van der Waals surface area contributed by atoms with Gasteiger partial charge in [-0.3, -0.25) is 4.79 Å². The second-order valence-corrected chi connectivity index (χ2v) is 4.06. The summed E-state index contributed by atoms with van der Waals surface area (Å²) in [5.41, 5.74) is 0.630. The summed E-state index contributed by atoms with van der Waals surface area (Å²) in [6.45, 7) is 0. The van der Waals surface area contributed by atoms with Crippen molar-refractivity contribution in [3.05, 3.63) is 22.7 Å². The first-order valence-electron chi connectivity index (χ1n) is 4.32. The minimum Gasteiger partial charge on any atom is -0.494 e. The Bertz CT molecular complexity index is 575. The number of nitrogens with zero attached hydrogens (tertiary/aromatic N) is 1. The number of rotatable bonds is 3. The van der Waals surface area contributed by atoms with Crippen LogP contribution in [0.5, 0.6) is 5.75 Å². The van der Waals surface area contributed by atoms with E-state index in [-0.39, 0.29) is 5.56 Å². The molecule has 2 aromatic rings. The molecule has 0 atom stereocenters. The Labute approximate surface area is 94.3 Å². The van der Waals surface area contributed by atoms with Crippen LogP contribution in [0.4, 0.5) is 0 Å². The lowest BCUT2D eigenvalue weighted by Crippen LogP contribution is -1.97. The maximum atomic E-state index is 10.8. The molecule has 0 fully saturated rings. The van der Waals surface area contributed by atoms with Gasteiger partial charge in [-0.05, 0) is 12.1 Å². The number of benzene rings is 1. The van der Waals surface area contributed by atoms with Crippen molar-refractivity contribution < 1.29 is 19.4 Å². The minimum atomic E-state index is -1.04. The fourth-order valence-electron chi connectivity index (χ4n) is 1.35. The van der Waals surface area contributed by atoms with Crippen molar-refractivity contribution in [1.29, 1.82) is 0 Å². The zero-order valence-electron chi connectivity index (χ0n) is 8.26. The molecule has 0 saturated heterocycles. The number of aldehydes is 1. The van der Waals surface area contributed by atoms with Gasteiger partial charge in [-0.25, -0.2) is 9.78 Å². The summed E-state index contributed by atoms with van der Waals surface area (Å²) in [5, 5.41) is 9.19. The number of methoxy groups -OCH3 is 1. The molecule has 0 radical (unpaired) electrons. The molecule has 0 unspecified atom stereocenters. The summed E-state index contributed by atoms with van der Waals surface area (Å²) < 4.78 is 5.66. The van der Waals surface area contributed by atoms with Crippen LogP contribution in [0.2, 0.25) is 0 Å². The number of aromatic carboxylic acids is 1. The van der Waals surface area contributed by atoms with E-state index in [4.69, 9.17) is 9.84 Å². The number of aromatic nitrogens is 1. The standard InChI is InChI=1S/C10H7NO4S/c1-15-6-2-5(10(13)14)3-7-9(6)11-8(4-12)16-7/h2-4H,1H3,(H,13,14). The zero-order chi connectivity index (χ0) is 11.7. The molecule has 0 aliphatic rings. The molecule has 1 aromatic carbocycles. The van der Waals surface area contributed by atoms with Crippen LogP contribution in [-0.2, 0) is 0 Å². The zero-order valence-corrected chi connectivity index (χ0v) is 9.08. The number of hydrogen-bond acceptors (Lipinski definition) is 5. The van der Waals surface area contributed by atoms with Crippen molar-refractivity contribution in [2.75, 3.05) is 7.11 Å². The van der Waals surface area contributed by atoms with E-state index >= 15 is 0 Å². The third-order valence-electron chi connectivity index (χ3n) is 2.04. The smallest absolute Gasteiger partial charge is 0.335 e. The minimum absolute atomic E-state index is 0.116. The topological polar surface area (TPSA) is 76.5 Å². The van der Waals surface area contributed by atoms with E-state index in [2.05, 4.69) is 4.98 Å². The highest BCUT2D eigenvalue weighted by molar-refractivity contribution is 7.20. The lowest BCUT2D eigenvalue weighted by molar-refractivity contribution is 0.0696. The van der Waals surface area contributed by atoms with E-state index in [0.717, 1.165) is 11.3 Å². The first-order valence-corrected chi connectivity index (χ1v) is 5.14. The molecule has 2 rings (SSSR count). The summed E-state index contributed by atoms with van der Waals surface area (Å²) in [6, 6.07) is 2.86. The van der Waals surface area contributed by atoms with Crippen molar-refractivity contribution in [3.8, 4) is 5.75 Å². The molecule has 0 saturated carbocycles. The lowest BCUT2D eigenvalue weighted by atomic mass is 10.2. The normalized spacial score (nSPS) is 10.3. The Hall–Kier alpha value is -1.95. The van der Waals surface area contributed by atoms with Gasteiger partial charge in [0.15, 0.2) is 11.3 Å². The number of carbonyl (C=O) groups is 2. The number of fused-ring (bicyclic) bond motifs is 1. The Morgan fingerprint density at radius 1 is 1.56 bits per heavy atom. The molecule has 1 N–H and O–H groups in total. The highest BCUT2D eigenvalue weighted by Crippen LogP contribution is 2.30. The molecular weight excluding hydrogens is 230 g/mol. The third-order valence-corrected chi connectivity index (χ3v) is 2.97. The van der Waals surface area contributed by atoms with Gasteiger partial charge < -0.3 is 9.84 Å². The van der Waals surface area contributed by atoms with Crippen molar-refractivity contribution in [2.24, 2.45) is 0 Å². The van der Waals surface area contributed by atoms with E-state index in [0.29, 0.717) is 27.3 Å². The van der Waals surface area contributed by atoms with Crippen molar-refractivity contribution in [2.45, 2.75) is 0 Å². The van der Waals surface area contributed by atoms with Crippen LogP contribution in [0.25, 0.3) is 10.2 Å². The summed E-state index contributed by atoms with van der Waals surface area (Å²) in [5.74, 6) is -0.680. The second-order valence-electron chi connectivity index (χ2n) is 3.00. The largest absolute Gasteiger partial charge is 0.494 e. The third kappa shape index (κ3) is 1.63. The molecule has 6 heteroatoms. The van der Waals surface area contributed by atoms with Crippen LogP contribution in [0.3, 0.4) is 0 Å². The van der Waals surface area contributed by atoms with E-state index in [1.165, 1.54) is 19.2 Å². The van der Waals surface area contributed by atoms with Crippen molar-refractivity contribution in [3.63, 3.8) is 0 Å². The number of carbonyl (C=O) groups excluding carboxylic acids is 1. The van der Waals surface area contributed by atoms with Gasteiger partial charge >= 0.3 is 5.97 Å². The van der Waals surface area contributed by atoms with Crippen molar-refractivity contribution >= 4 is 33.8 Å². The highest BCUT2D eigenvalue weighted by Gasteiger charge is 2.13. The average molecular weight is 237 g/mol. The molecule has 0 aliphatic heterocycles. The Morgan fingerprint density at radius 2 is 2.31 bits per heavy atom. The molecule has 0 bridgehead atoms. The quantitative estimate of drug-likeness (QED) is 0.824. The van der Waals surface area contributed by atoms with E-state index < -0.39 is 5.97 Å². The summed E-state index contributed by atoms with van der Waals surface area (Å²) in [6.07, 6.45) is 0.630. The van der Waals surface area contributed by atoms with Crippen molar-refractivity contribution in [1.82, 2.24) is 4.98 Å². The molecule has 82 valence electrons. The van der Waals surface area contributed by atoms with Crippen LogP contribution in [0, 0.1) is 0 Å². The SMILES string of the molecule is COc1cc(C(=O)O)cc2sc(C=O)nc12. The van der Waals surface area contributed by atoms with Crippen LogP contribution >= 0.6 is 11.3 Å². The van der Waals surface area contributed by atoms with Gasteiger partial charge in [0.05, 0.1) is 17.4 Å². The second kappa shape index (κ2) is 3.90. The van der Waals surface area contributed by atoms with E-state index in [1.54, 1.807) is 0 Å². The molecule has 0 spiro atoms. The molecule has 16 heavy (non-hydrogen) atoms. The molecule has 0 aliphatic carbocycles. The van der Waals surface area contributed by atoms with Gasteiger partial charge in [0.1, 0.15) is 11.3 Å². The van der Waals surface area contributed by atoms with Gasteiger partial charge in [-0.1, -0.05) is 0 Å². The number of carboxylic acid groups (broad SMARTS) is 1. The van der Waals surface area contributed by atoms with E-state index in [9.17, 15) is 9.59 Å². The van der Waals surface area contributed by atoms with Gasteiger partial charge in [0, 0.05) is 0 Å². The number of hydrogen-bond donors (Lipinski definition) is 1. The molecule has 0 amide bonds. The summed E-state index contributed by atoms with van der Waals surface area (Å²) >= 11 is 1.14. The molecule has 1 aromatic heterocycles. The predicted octanol–water partition coefficient (Wildman–Crippen LogP) is 1.82. The molecule has 5 nitrogen and oxygen atoms in total. The van der Waals surface area contributed by atoms with Crippen LogP contribution < -0.4 is 4.74 Å². The van der Waals surface area contributed by atoms with Gasteiger partial charge in [-0.15, -0.1) is 11.3 Å². The monoisotopic (exact) mass is 237 g/mol. The predicted molar refractivity (Wildman–Crippen MR) is 58.5 cm³/mol. The van der Waals surface area contributed by atoms with Crippen LogP contribution in [0.1, 0.15) is 20.2 Å². The maximum absolute atomic E-state index is 10.8. The molecule has 1 heterocycles. The first kappa shape index (κ1) is 10.6. The Kier molecular flexibility index (Phi) is 2.57. The number of carboxylic acids is 1. The highest BCUT2D eigenvalue weighted by atomic mass is 32.1. The summed E-state index contributed by atoms with van der Waals surface area (Å²) in [4.78, 5) is 25.5. The van der Waals surface area contributed by atoms with Gasteiger partial charge in [0.25, 0.3) is 0 Å². The van der Waals surface area contributed by atoms with E-state index in [1.807, 2.05) is 0 Å². The first-order chi connectivity index (χ1) is 7.65. The lowest BCUT2D eigenvalue weighted by Gasteiger charge is -2.01. The fourth-order valence-corrected chi connectivity index (χ4v) is 2.18. The summed E-state index contributed by atoms with van der Waals surface area (Å²) in [7, 11) is 1.43. The number of thiazole rings is 1. The number of ether oxygens (including phenoxy) is 1. The Morgan fingerprint density at radius 3 is 2.88 bits per heavy atom. The maximum Gasteiger partial charge on any atom is 0.335 e. The van der Waals surface area contributed by atoms with Crippen LogP contribution in [-0.4, -0.2) is 29.5 Å².